The lowest BCUT2D eigenvalue weighted by atomic mass is 10.1. The Labute approximate surface area is 103 Å². The number of hydrogen-bond acceptors (Lipinski definition) is 2. The molecule has 0 amide bonds. The SMILES string of the molecule is CCCNC(C)CCc1cc2ccccc2o1. The Bertz CT molecular complexity index is 428. The summed E-state index contributed by atoms with van der Waals surface area (Å²) in [5, 5.41) is 4.70. The number of hydrogen-bond donors (Lipinski definition) is 1. The van der Waals surface area contributed by atoms with Crippen LogP contribution in [0.4, 0.5) is 0 Å². The number of benzene rings is 1. The average molecular weight is 231 g/mol. The summed E-state index contributed by atoms with van der Waals surface area (Å²) in [7, 11) is 0. The summed E-state index contributed by atoms with van der Waals surface area (Å²) in [4.78, 5) is 0. The molecule has 17 heavy (non-hydrogen) atoms. The van der Waals surface area contributed by atoms with E-state index in [9.17, 15) is 0 Å². The van der Waals surface area contributed by atoms with Gasteiger partial charge in [-0.15, -0.1) is 0 Å². The van der Waals surface area contributed by atoms with Gasteiger partial charge in [0, 0.05) is 17.8 Å². The molecule has 2 rings (SSSR count). The minimum Gasteiger partial charge on any atom is -0.461 e. The van der Waals surface area contributed by atoms with Gasteiger partial charge in [0.25, 0.3) is 0 Å². The van der Waals surface area contributed by atoms with Crippen molar-refractivity contribution in [2.24, 2.45) is 0 Å². The van der Waals surface area contributed by atoms with E-state index in [0.717, 1.165) is 30.7 Å². The van der Waals surface area contributed by atoms with Gasteiger partial charge in [0.1, 0.15) is 11.3 Å². The van der Waals surface area contributed by atoms with Crippen molar-refractivity contribution in [3.63, 3.8) is 0 Å². The molecule has 1 atom stereocenters. The minimum atomic E-state index is 0.558. The Hall–Kier alpha value is -1.28. The van der Waals surface area contributed by atoms with E-state index in [1.54, 1.807) is 0 Å². The van der Waals surface area contributed by atoms with Gasteiger partial charge < -0.3 is 9.73 Å². The van der Waals surface area contributed by atoms with Gasteiger partial charge in [-0.1, -0.05) is 25.1 Å². The van der Waals surface area contributed by atoms with Crippen LogP contribution in [0, 0.1) is 0 Å². The van der Waals surface area contributed by atoms with Gasteiger partial charge >= 0.3 is 0 Å². The first-order valence-corrected chi connectivity index (χ1v) is 6.50. The van der Waals surface area contributed by atoms with Crippen LogP contribution in [0.1, 0.15) is 32.4 Å². The fourth-order valence-electron chi connectivity index (χ4n) is 2.01. The molecule has 0 saturated carbocycles. The fourth-order valence-corrected chi connectivity index (χ4v) is 2.01. The molecular weight excluding hydrogens is 210 g/mol. The van der Waals surface area contributed by atoms with E-state index in [4.69, 9.17) is 4.42 Å². The lowest BCUT2D eigenvalue weighted by molar-refractivity contribution is 0.475. The topological polar surface area (TPSA) is 25.2 Å². The van der Waals surface area contributed by atoms with Gasteiger partial charge in [-0.05, 0) is 38.4 Å². The molecule has 0 radical (unpaired) electrons. The molecule has 1 heterocycles. The number of fused-ring (bicyclic) bond motifs is 1. The summed E-state index contributed by atoms with van der Waals surface area (Å²) < 4.78 is 5.80. The van der Waals surface area contributed by atoms with Gasteiger partial charge in [0.2, 0.25) is 0 Å². The maximum absolute atomic E-state index is 5.80. The second kappa shape index (κ2) is 5.87. The van der Waals surface area contributed by atoms with Gasteiger partial charge in [0.05, 0.1) is 0 Å². The lowest BCUT2D eigenvalue weighted by Crippen LogP contribution is -2.26. The maximum atomic E-state index is 5.80. The van der Waals surface area contributed by atoms with Crippen LogP contribution in [0.2, 0.25) is 0 Å². The molecule has 0 aliphatic heterocycles. The summed E-state index contributed by atoms with van der Waals surface area (Å²) >= 11 is 0. The van der Waals surface area contributed by atoms with Gasteiger partial charge in [-0.25, -0.2) is 0 Å². The molecule has 1 aromatic heterocycles. The van der Waals surface area contributed by atoms with Crippen molar-refractivity contribution >= 4 is 11.0 Å². The van der Waals surface area contributed by atoms with E-state index in [1.807, 2.05) is 18.2 Å². The molecule has 1 N–H and O–H groups in total. The van der Waals surface area contributed by atoms with Gasteiger partial charge in [-0.2, -0.15) is 0 Å². The largest absolute Gasteiger partial charge is 0.461 e. The van der Waals surface area contributed by atoms with Crippen LogP contribution in [0.15, 0.2) is 34.7 Å². The highest BCUT2D eigenvalue weighted by Gasteiger charge is 2.05. The van der Waals surface area contributed by atoms with E-state index in [2.05, 4.69) is 31.3 Å². The first-order chi connectivity index (χ1) is 8.29. The standard InChI is InChI=1S/C15H21NO/c1-3-10-16-12(2)8-9-14-11-13-6-4-5-7-15(13)17-14/h4-7,11-12,16H,3,8-10H2,1-2H3. The quantitative estimate of drug-likeness (QED) is 0.819. The normalized spacial score (nSPS) is 13.1. The number of aryl methyl sites for hydroxylation is 1. The third-order valence-electron chi connectivity index (χ3n) is 3.04. The third kappa shape index (κ3) is 3.34. The minimum absolute atomic E-state index is 0.558. The van der Waals surface area contributed by atoms with Crippen molar-refractivity contribution in [1.29, 1.82) is 0 Å². The first-order valence-electron chi connectivity index (χ1n) is 6.50. The molecule has 2 heteroatoms. The van der Waals surface area contributed by atoms with Crippen LogP contribution in [0.25, 0.3) is 11.0 Å². The predicted octanol–water partition coefficient (Wildman–Crippen LogP) is 3.75. The average Bonchev–Trinajstić information content (AvgIpc) is 2.76. The van der Waals surface area contributed by atoms with Crippen molar-refractivity contribution in [3.8, 4) is 0 Å². The predicted molar refractivity (Wildman–Crippen MR) is 72.3 cm³/mol. The Balaban J connectivity index is 1.90. The van der Waals surface area contributed by atoms with Gasteiger partial charge in [0.15, 0.2) is 0 Å². The summed E-state index contributed by atoms with van der Waals surface area (Å²) in [6.07, 6.45) is 3.32. The van der Waals surface area contributed by atoms with Crippen LogP contribution in [0.5, 0.6) is 0 Å². The first kappa shape index (κ1) is 12.2. The molecule has 1 unspecified atom stereocenters. The lowest BCUT2D eigenvalue weighted by Gasteiger charge is -2.11. The van der Waals surface area contributed by atoms with Crippen molar-refractivity contribution in [3.05, 3.63) is 36.1 Å². The third-order valence-corrected chi connectivity index (χ3v) is 3.04. The summed E-state index contributed by atoms with van der Waals surface area (Å²) in [6.45, 7) is 5.53. The Morgan fingerprint density at radius 2 is 2.12 bits per heavy atom. The van der Waals surface area contributed by atoms with Crippen LogP contribution in [-0.4, -0.2) is 12.6 Å². The highest BCUT2D eigenvalue weighted by molar-refractivity contribution is 5.77. The maximum Gasteiger partial charge on any atom is 0.134 e. The van der Waals surface area contributed by atoms with Crippen LogP contribution < -0.4 is 5.32 Å². The highest BCUT2D eigenvalue weighted by atomic mass is 16.3. The molecule has 2 nitrogen and oxygen atoms in total. The van der Waals surface area contributed by atoms with E-state index in [1.165, 1.54) is 11.8 Å². The Morgan fingerprint density at radius 1 is 1.29 bits per heavy atom. The zero-order valence-electron chi connectivity index (χ0n) is 10.7. The molecule has 0 bridgehead atoms. The van der Waals surface area contributed by atoms with Crippen molar-refractivity contribution in [1.82, 2.24) is 5.32 Å². The van der Waals surface area contributed by atoms with E-state index in [0.29, 0.717) is 6.04 Å². The fraction of sp³-hybridized carbons (Fsp3) is 0.467. The molecule has 0 aliphatic carbocycles. The summed E-state index contributed by atoms with van der Waals surface area (Å²) in [6, 6.07) is 10.9. The molecular formula is C15H21NO. The second-order valence-electron chi connectivity index (χ2n) is 4.64. The van der Waals surface area contributed by atoms with E-state index < -0.39 is 0 Å². The zero-order chi connectivity index (χ0) is 12.1. The second-order valence-corrected chi connectivity index (χ2v) is 4.64. The molecule has 1 aromatic carbocycles. The molecule has 0 aliphatic rings. The van der Waals surface area contributed by atoms with Crippen molar-refractivity contribution in [2.75, 3.05) is 6.54 Å². The Kier molecular flexibility index (Phi) is 4.21. The molecule has 0 fully saturated rings. The van der Waals surface area contributed by atoms with Gasteiger partial charge in [-0.3, -0.25) is 0 Å². The van der Waals surface area contributed by atoms with Crippen LogP contribution in [0.3, 0.4) is 0 Å². The molecule has 92 valence electrons. The number of para-hydroxylation sites is 1. The summed E-state index contributed by atoms with van der Waals surface area (Å²) in [5.74, 6) is 1.09. The van der Waals surface area contributed by atoms with E-state index in [-0.39, 0.29) is 0 Å². The highest BCUT2D eigenvalue weighted by Crippen LogP contribution is 2.20. The van der Waals surface area contributed by atoms with Crippen molar-refractivity contribution in [2.45, 2.75) is 39.2 Å². The van der Waals surface area contributed by atoms with E-state index >= 15 is 0 Å². The Morgan fingerprint density at radius 3 is 2.88 bits per heavy atom. The number of furan rings is 1. The van der Waals surface area contributed by atoms with Crippen molar-refractivity contribution < 1.29 is 4.42 Å². The number of rotatable bonds is 6. The molecule has 0 saturated heterocycles. The van der Waals surface area contributed by atoms with Crippen LogP contribution >= 0.6 is 0 Å². The smallest absolute Gasteiger partial charge is 0.134 e. The zero-order valence-corrected chi connectivity index (χ0v) is 10.7. The molecule has 0 spiro atoms. The molecule has 2 aromatic rings. The monoisotopic (exact) mass is 231 g/mol. The summed E-state index contributed by atoms with van der Waals surface area (Å²) in [5.41, 5.74) is 0.997. The number of nitrogens with one attached hydrogen (secondary N) is 1. The van der Waals surface area contributed by atoms with Crippen LogP contribution in [-0.2, 0) is 6.42 Å².